The molecule has 1 amide bonds. The van der Waals surface area contributed by atoms with Gasteiger partial charge in [-0.05, 0) is 44.0 Å². The second-order valence-corrected chi connectivity index (χ2v) is 5.18. The molecular weight excluding hydrogens is 264 g/mol. The number of hydrogen-bond donors (Lipinski definition) is 3. The lowest BCUT2D eigenvalue weighted by molar-refractivity contribution is 0.0940. The third-order valence-electron chi connectivity index (χ3n) is 3.42. The average molecular weight is 286 g/mol. The molecule has 2 aromatic rings. The fraction of sp³-hybridized carbons (Fsp3) is 0.375. The highest BCUT2D eigenvalue weighted by Gasteiger charge is 2.13. The lowest BCUT2D eigenvalue weighted by Crippen LogP contribution is -2.26. The zero-order valence-electron chi connectivity index (χ0n) is 12.7. The number of aryl methyl sites for hydroxylation is 1. The molecule has 21 heavy (non-hydrogen) atoms. The number of anilines is 1. The van der Waals surface area contributed by atoms with E-state index in [-0.39, 0.29) is 11.9 Å². The monoisotopic (exact) mass is 286 g/mol. The van der Waals surface area contributed by atoms with Crippen LogP contribution in [0.4, 0.5) is 5.69 Å². The van der Waals surface area contributed by atoms with E-state index in [1.54, 1.807) is 12.4 Å². The first-order valence-electron chi connectivity index (χ1n) is 7.26. The summed E-state index contributed by atoms with van der Waals surface area (Å²) < 4.78 is 0. The van der Waals surface area contributed by atoms with Crippen molar-refractivity contribution in [2.75, 3.05) is 11.9 Å². The molecule has 0 bridgehead atoms. The zero-order valence-corrected chi connectivity index (χ0v) is 12.7. The maximum atomic E-state index is 12.3. The molecule has 5 heteroatoms. The van der Waals surface area contributed by atoms with Crippen molar-refractivity contribution in [3.63, 3.8) is 0 Å². The van der Waals surface area contributed by atoms with Crippen molar-refractivity contribution in [1.82, 2.24) is 15.5 Å². The van der Waals surface area contributed by atoms with Gasteiger partial charge in [0.15, 0.2) is 0 Å². The van der Waals surface area contributed by atoms with Gasteiger partial charge in [0.2, 0.25) is 0 Å². The minimum absolute atomic E-state index is 0.0746. The molecule has 0 aliphatic carbocycles. The molecule has 0 spiro atoms. The van der Waals surface area contributed by atoms with Gasteiger partial charge in [0.05, 0.1) is 12.2 Å². The SMILES string of the molecule is CCCNc1ccc(C(=O)NC(C)c2cn[nH]c2)cc1C. The summed E-state index contributed by atoms with van der Waals surface area (Å²) in [5.74, 6) is -0.0751. The number of carbonyl (C=O) groups excluding carboxylic acids is 1. The van der Waals surface area contributed by atoms with E-state index in [1.165, 1.54) is 0 Å². The Bertz CT molecular complexity index is 592. The van der Waals surface area contributed by atoms with Crippen molar-refractivity contribution < 1.29 is 4.79 Å². The number of hydrogen-bond acceptors (Lipinski definition) is 3. The highest BCUT2D eigenvalue weighted by atomic mass is 16.1. The predicted molar refractivity (Wildman–Crippen MR) is 84.4 cm³/mol. The normalized spacial score (nSPS) is 12.0. The summed E-state index contributed by atoms with van der Waals surface area (Å²) in [5, 5.41) is 13.0. The Labute approximate surface area is 125 Å². The highest BCUT2D eigenvalue weighted by molar-refractivity contribution is 5.95. The zero-order chi connectivity index (χ0) is 15.2. The average Bonchev–Trinajstić information content (AvgIpc) is 3.00. The van der Waals surface area contributed by atoms with Crippen LogP contribution in [0.25, 0.3) is 0 Å². The molecule has 112 valence electrons. The Balaban J connectivity index is 2.04. The van der Waals surface area contributed by atoms with Crippen LogP contribution in [0.5, 0.6) is 0 Å². The Kier molecular flexibility index (Phi) is 4.98. The van der Waals surface area contributed by atoms with E-state index in [4.69, 9.17) is 0 Å². The minimum Gasteiger partial charge on any atom is -0.385 e. The van der Waals surface area contributed by atoms with Crippen molar-refractivity contribution in [2.24, 2.45) is 0 Å². The molecule has 0 aliphatic heterocycles. The van der Waals surface area contributed by atoms with E-state index in [1.807, 2.05) is 32.0 Å². The Morgan fingerprint density at radius 1 is 1.43 bits per heavy atom. The molecule has 0 saturated heterocycles. The largest absolute Gasteiger partial charge is 0.385 e. The molecule has 3 N–H and O–H groups in total. The highest BCUT2D eigenvalue weighted by Crippen LogP contribution is 2.17. The third kappa shape index (κ3) is 3.84. The predicted octanol–water partition coefficient (Wildman–Crippen LogP) is 3.03. The fourth-order valence-electron chi connectivity index (χ4n) is 2.12. The Morgan fingerprint density at radius 2 is 2.24 bits per heavy atom. The Morgan fingerprint density at radius 3 is 2.86 bits per heavy atom. The second-order valence-electron chi connectivity index (χ2n) is 5.18. The number of amides is 1. The van der Waals surface area contributed by atoms with E-state index in [0.29, 0.717) is 5.56 Å². The number of nitrogens with zero attached hydrogens (tertiary/aromatic N) is 1. The van der Waals surface area contributed by atoms with Crippen LogP contribution in [0.3, 0.4) is 0 Å². The maximum Gasteiger partial charge on any atom is 0.251 e. The van der Waals surface area contributed by atoms with E-state index >= 15 is 0 Å². The van der Waals surface area contributed by atoms with Crippen LogP contribution in [0.1, 0.15) is 47.8 Å². The van der Waals surface area contributed by atoms with E-state index in [2.05, 4.69) is 27.8 Å². The number of aromatic nitrogens is 2. The summed E-state index contributed by atoms with van der Waals surface area (Å²) >= 11 is 0. The van der Waals surface area contributed by atoms with Crippen LogP contribution in [0.2, 0.25) is 0 Å². The van der Waals surface area contributed by atoms with Crippen LogP contribution < -0.4 is 10.6 Å². The Hall–Kier alpha value is -2.30. The van der Waals surface area contributed by atoms with Crippen molar-refractivity contribution in [3.05, 3.63) is 47.3 Å². The minimum atomic E-state index is -0.0751. The van der Waals surface area contributed by atoms with Crippen molar-refractivity contribution in [1.29, 1.82) is 0 Å². The van der Waals surface area contributed by atoms with Gasteiger partial charge in [0.1, 0.15) is 0 Å². The van der Waals surface area contributed by atoms with Gasteiger partial charge in [-0.15, -0.1) is 0 Å². The van der Waals surface area contributed by atoms with Gasteiger partial charge in [-0.3, -0.25) is 9.89 Å². The summed E-state index contributed by atoms with van der Waals surface area (Å²) in [4.78, 5) is 12.3. The molecule has 0 aliphatic rings. The number of carbonyl (C=O) groups is 1. The van der Waals surface area contributed by atoms with Gasteiger partial charge < -0.3 is 10.6 Å². The molecule has 5 nitrogen and oxygen atoms in total. The first-order chi connectivity index (χ1) is 10.1. The molecule has 2 rings (SSSR count). The smallest absolute Gasteiger partial charge is 0.251 e. The summed E-state index contributed by atoms with van der Waals surface area (Å²) in [7, 11) is 0. The lowest BCUT2D eigenvalue weighted by atomic mass is 10.1. The molecule has 0 radical (unpaired) electrons. The van der Waals surface area contributed by atoms with E-state index in [9.17, 15) is 4.79 Å². The lowest BCUT2D eigenvalue weighted by Gasteiger charge is -2.14. The quantitative estimate of drug-likeness (QED) is 0.764. The van der Waals surface area contributed by atoms with Gasteiger partial charge in [-0.2, -0.15) is 5.10 Å². The molecule has 0 fully saturated rings. The van der Waals surface area contributed by atoms with Crippen molar-refractivity contribution >= 4 is 11.6 Å². The molecular formula is C16H22N4O. The number of aromatic amines is 1. The third-order valence-corrected chi connectivity index (χ3v) is 3.42. The summed E-state index contributed by atoms with van der Waals surface area (Å²) in [6, 6.07) is 5.65. The van der Waals surface area contributed by atoms with Gasteiger partial charge in [0.25, 0.3) is 5.91 Å². The van der Waals surface area contributed by atoms with Crippen molar-refractivity contribution in [2.45, 2.75) is 33.2 Å². The first kappa shape index (κ1) is 15.1. The summed E-state index contributed by atoms with van der Waals surface area (Å²) in [5.41, 5.74) is 3.79. The number of rotatable bonds is 6. The van der Waals surface area contributed by atoms with Crippen LogP contribution in [-0.2, 0) is 0 Å². The van der Waals surface area contributed by atoms with E-state index in [0.717, 1.165) is 29.8 Å². The number of benzene rings is 1. The second kappa shape index (κ2) is 6.92. The summed E-state index contributed by atoms with van der Waals surface area (Å²) in [6.07, 6.45) is 4.58. The van der Waals surface area contributed by atoms with Gasteiger partial charge in [-0.1, -0.05) is 6.92 Å². The van der Waals surface area contributed by atoms with Crippen molar-refractivity contribution in [3.8, 4) is 0 Å². The van der Waals surface area contributed by atoms with E-state index < -0.39 is 0 Å². The van der Waals surface area contributed by atoms with Crippen LogP contribution >= 0.6 is 0 Å². The molecule has 1 heterocycles. The summed E-state index contributed by atoms with van der Waals surface area (Å²) in [6.45, 7) is 7.01. The van der Waals surface area contributed by atoms with Gasteiger partial charge in [-0.25, -0.2) is 0 Å². The van der Waals surface area contributed by atoms with Gasteiger partial charge >= 0.3 is 0 Å². The molecule has 1 unspecified atom stereocenters. The number of H-pyrrole nitrogens is 1. The first-order valence-corrected chi connectivity index (χ1v) is 7.26. The molecule has 0 saturated carbocycles. The van der Waals surface area contributed by atoms with Crippen LogP contribution in [-0.4, -0.2) is 22.6 Å². The number of nitrogens with one attached hydrogen (secondary N) is 3. The molecule has 1 aromatic carbocycles. The molecule has 1 atom stereocenters. The maximum absolute atomic E-state index is 12.3. The topological polar surface area (TPSA) is 69.8 Å². The van der Waals surface area contributed by atoms with Gasteiger partial charge in [0, 0.05) is 29.6 Å². The molecule has 1 aromatic heterocycles. The fourth-order valence-corrected chi connectivity index (χ4v) is 2.12. The standard InChI is InChI=1S/C16H22N4O/c1-4-7-17-15-6-5-13(8-11(15)2)16(21)20-12(3)14-9-18-19-10-14/h5-6,8-10,12,17H,4,7H2,1-3H3,(H,18,19)(H,20,21). The van der Waals surface area contributed by atoms with Crippen LogP contribution in [0, 0.1) is 6.92 Å². The van der Waals surface area contributed by atoms with Crippen LogP contribution in [0.15, 0.2) is 30.6 Å².